The molecule has 1 N–H and O–H groups in total. The van der Waals surface area contributed by atoms with Gasteiger partial charge in [-0.3, -0.25) is 4.68 Å². The molecule has 0 fully saturated rings. The number of aromatic carboxylic acids is 1. The highest BCUT2D eigenvalue weighted by Gasteiger charge is 2.30. The first kappa shape index (κ1) is 14.9. The molecule has 0 amide bonds. The second-order valence-electron chi connectivity index (χ2n) is 4.26. The Hall–Kier alpha value is -2.51. The van der Waals surface area contributed by atoms with Gasteiger partial charge in [0.25, 0.3) is 0 Å². The van der Waals surface area contributed by atoms with E-state index in [9.17, 15) is 18.0 Å². The summed E-state index contributed by atoms with van der Waals surface area (Å²) in [6, 6.07) is 5.74. The molecule has 2 aromatic rings. The van der Waals surface area contributed by atoms with Gasteiger partial charge in [0.1, 0.15) is 23.7 Å². The van der Waals surface area contributed by atoms with Gasteiger partial charge in [-0.15, -0.1) is 0 Å². The van der Waals surface area contributed by atoms with Gasteiger partial charge in [-0.2, -0.15) is 18.3 Å². The van der Waals surface area contributed by atoms with E-state index >= 15 is 0 Å². The zero-order valence-electron chi connectivity index (χ0n) is 10.9. The van der Waals surface area contributed by atoms with E-state index in [1.807, 2.05) is 0 Å². The second-order valence-corrected chi connectivity index (χ2v) is 4.26. The Kier molecular flexibility index (Phi) is 3.88. The van der Waals surface area contributed by atoms with Crippen LogP contribution in [0.15, 0.2) is 30.3 Å². The number of hydrogen-bond acceptors (Lipinski definition) is 3. The Labute approximate surface area is 117 Å². The number of ether oxygens (including phenoxy) is 1. The summed E-state index contributed by atoms with van der Waals surface area (Å²) in [6.07, 6.45) is -4.44. The maximum atomic E-state index is 12.5. The molecule has 5 nitrogen and oxygen atoms in total. The van der Waals surface area contributed by atoms with Gasteiger partial charge < -0.3 is 9.84 Å². The molecule has 0 saturated heterocycles. The third kappa shape index (κ3) is 3.53. The molecule has 0 aliphatic carbocycles. The van der Waals surface area contributed by atoms with Crippen molar-refractivity contribution in [3.05, 3.63) is 47.3 Å². The number of nitrogens with zero attached hydrogens (tertiary/aromatic N) is 2. The van der Waals surface area contributed by atoms with Gasteiger partial charge in [0, 0.05) is 7.05 Å². The number of aryl methyl sites for hydroxylation is 1. The minimum Gasteiger partial charge on any atom is -0.487 e. The Morgan fingerprint density at radius 1 is 1.38 bits per heavy atom. The lowest BCUT2D eigenvalue weighted by Crippen LogP contribution is -2.05. The first-order chi connectivity index (χ1) is 9.77. The fourth-order valence-corrected chi connectivity index (χ4v) is 1.72. The average molecular weight is 300 g/mol. The van der Waals surface area contributed by atoms with Crippen LogP contribution in [0.5, 0.6) is 5.75 Å². The number of carbonyl (C=O) groups is 1. The number of carboxylic acids is 1. The average Bonchev–Trinajstić information content (AvgIpc) is 2.77. The van der Waals surface area contributed by atoms with Gasteiger partial charge in [-0.1, -0.05) is 6.07 Å². The highest BCUT2D eigenvalue weighted by Crippen LogP contribution is 2.31. The number of aromatic nitrogens is 2. The molecular weight excluding hydrogens is 289 g/mol. The van der Waals surface area contributed by atoms with Crippen LogP contribution in [-0.4, -0.2) is 20.9 Å². The molecule has 112 valence electrons. The maximum absolute atomic E-state index is 12.5. The van der Waals surface area contributed by atoms with E-state index in [4.69, 9.17) is 9.84 Å². The summed E-state index contributed by atoms with van der Waals surface area (Å²) in [5.74, 6) is -1.11. The van der Waals surface area contributed by atoms with Crippen molar-refractivity contribution in [1.29, 1.82) is 0 Å². The molecule has 0 aliphatic rings. The first-order valence-corrected chi connectivity index (χ1v) is 5.83. The molecule has 0 aliphatic heterocycles. The number of rotatable bonds is 4. The summed E-state index contributed by atoms with van der Waals surface area (Å²) in [5.41, 5.74) is -0.530. The molecule has 1 aromatic carbocycles. The number of alkyl halides is 3. The van der Waals surface area contributed by atoms with E-state index < -0.39 is 17.7 Å². The summed E-state index contributed by atoms with van der Waals surface area (Å²) in [4.78, 5) is 10.8. The van der Waals surface area contributed by atoms with Gasteiger partial charge in [0.15, 0.2) is 0 Å². The molecule has 1 heterocycles. The molecule has 21 heavy (non-hydrogen) atoms. The summed E-state index contributed by atoms with van der Waals surface area (Å²) >= 11 is 0. The summed E-state index contributed by atoms with van der Waals surface area (Å²) in [5, 5.41) is 12.8. The van der Waals surface area contributed by atoms with E-state index in [1.54, 1.807) is 0 Å². The Morgan fingerprint density at radius 3 is 2.67 bits per heavy atom. The van der Waals surface area contributed by atoms with Crippen molar-refractivity contribution in [3.63, 3.8) is 0 Å². The fraction of sp³-hybridized carbons (Fsp3) is 0.231. The van der Waals surface area contributed by atoms with Crippen molar-refractivity contribution >= 4 is 5.97 Å². The maximum Gasteiger partial charge on any atom is 0.416 e. The van der Waals surface area contributed by atoms with Gasteiger partial charge in [-0.05, 0) is 24.3 Å². The lowest BCUT2D eigenvalue weighted by Gasteiger charge is -2.09. The molecule has 0 spiro atoms. The van der Waals surface area contributed by atoms with Gasteiger partial charge in [0.2, 0.25) is 0 Å². The summed E-state index contributed by atoms with van der Waals surface area (Å²) in [6.45, 7) is -0.123. The van der Waals surface area contributed by atoms with Gasteiger partial charge >= 0.3 is 12.1 Å². The summed E-state index contributed by atoms with van der Waals surface area (Å²) < 4.78 is 44.0. The van der Waals surface area contributed by atoms with Crippen LogP contribution in [0.1, 0.15) is 21.7 Å². The van der Waals surface area contributed by atoms with E-state index in [2.05, 4.69) is 5.10 Å². The molecule has 1 aromatic heterocycles. The number of carboxylic acid groups (broad SMARTS) is 1. The van der Waals surface area contributed by atoms with E-state index in [1.165, 1.54) is 25.2 Å². The Bertz CT molecular complexity index is 665. The predicted molar refractivity (Wildman–Crippen MR) is 65.9 cm³/mol. The predicted octanol–water partition coefficient (Wildman–Crippen LogP) is 2.72. The third-order valence-corrected chi connectivity index (χ3v) is 2.70. The fourth-order valence-electron chi connectivity index (χ4n) is 1.72. The van der Waals surface area contributed by atoms with Gasteiger partial charge in [0.05, 0.1) is 5.56 Å². The molecule has 0 bridgehead atoms. The zero-order valence-corrected chi connectivity index (χ0v) is 10.9. The normalized spacial score (nSPS) is 11.4. The lowest BCUT2D eigenvalue weighted by molar-refractivity contribution is -0.137. The molecule has 0 atom stereocenters. The number of benzene rings is 1. The smallest absolute Gasteiger partial charge is 0.416 e. The van der Waals surface area contributed by atoms with E-state index in [0.29, 0.717) is 5.69 Å². The largest absolute Gasteiger partial charge is 0.487 e. The van der Waals surface area contributed by atoms with Crippen molar-refractivity contribution in [2.75, 3.05) is 0 Å². The Balaban J connectivity index is 2.10. The van der Waals surface area contributed by atoms with Crippen molar-refractivity contribution in [3.8, 4) is 5.75 Å². The standard InChI is InChI=1S/C13H11F3N2O3/c1-18-11(12(19)20)6-9(17-18)7-21-10-4-2-3-8(5-10)13(14,15)16/h2-6H,7H2,1H3,(H,19,20). The third-order valence-electron chi connectivity index (χ3n) is 2.70. The highest BCUT2D eigenvalue weighted by molar-refractivity contribution is 5.85. The minimum absolute atomic E-state index is 0.0300. The van der Waals surface area contributed by atoms with Crippen LogP contribution in [0.25, 0.3) is 0 Å². The monoisotopic (exact) mass is 300 g/mol. The van der Waals surface area contributed by atoms with Crippen LogP contribution in [0.3, 0.4) is 0 Å². The van der Waals surface area contributed by atoms with Crippen molar-refractivity contribution in [1.82, 2.24) is 9.78 Å². The molecule has 0 saturated carbocycles. The topological polar surface area (TPSA) is 64.4 Å². The highest BCUT2D eigenvalue weighted by atomic mass is 19.4. The first-order valence-electron chi connectivity index (χ1n) is 5.83. The Morgan fingerprint density at radius 2 is 2.10 bits per heavy atom. The van der Waals surface area contributed by atoms with Crippen molar-refractivity contribution in [2.24, 2.45) is 7.05 Å². The SMILES string of the molecule is Cn1nc(COc2cccc(C(F)(F)F)c2)cc1C(=O)O. The van der Waals surface area contributed by atoms with Crippen LogP contribution in [0.2, 0.25) is 0 Å². The quantitative estimate of drug-likeness (QED) is 0.943. The minimum atomic E-state index is -4.44. The molecular formula is C13H11F3N2O3. The van der Waals surface area contributed by atoms with Crippen LogP contribution in [-0.2, 0) is 19.8 Å². The lowest BCUT2D eigenvalue weighted by atomic mass is 10.2. The molecule has 0 unspecified atom stereocenters. The zero-order chi connectivity index (χ0) is 15.6. The van der Waals surface area contributed by atoms with Crippen molar-refractivity contribution < 1.29 is 27.8 Å². The molecule has 2 rings (SSSR count). The molecule has 0 radical (unpaired) electrons. The van der Waals surface area contributed by atoms with Crippen LogP contribution < -0.4 is 4.74 Å². The summed E-state index contributed by atoms with van der Waals surface area (Å²) in [7, 11) is 1.46. The number of halogens is 3. The van der Waals surface area contributed by atoms with Crippen LogP contribution >= 0.6 is 0 Å². The molecule has 8 heteroatoms. The van der Waals surface area contributed by atoms with E-state index in [-0.39, 0.29) is 18.1 Å². The second kappa shape index (κ2) is 5.47. The van der Waals surface area contributed by atoms with Gasteiger partial charge in [-0.25, -0.2) is 4.79 Å². The van der Waals surface area contributed by atoms with Crippen LogP contribution in [0.4, 0.5) is 13.2 Å². The van der Waals surface area contributed by atoms with E-state index in [0.717, 1.165) is 16.8 Å². The van der Waals surface area contributed by atoms with Crippen LogP contribution in [0, 0.1) is 0 Å². The van der Waals surface area contributed by atoms with Crippen molar-refractivity contribution in [2.45, 2.75) is 12.8 Å². The number of hydrogen-bond donors (Lipinski definition) is 1.